The van der Waals surface area contributed by atoms with Gasteiger partial charge in [0.05, 0.1) is 12.5 Å². The Bertz CT molecular complexity index is 877. The highest BCUT2D eigenvalue weighted by Gasteiger charge is 2.70. The Morgan fingerprint density at radius 3 is 2.27 bits per heavy atom. The molecule has 6 unspecified atom stereocenters. The molecule has 0 bridgehead atoms. The summed E-state index contributed by atoms with van der Waals surface area (Å²) < 4.78 is 5.10. The molecule has 6 atom stereocenters. The van der Waals surface area contributed by atoms with Crippen LogP contribution in [0.4, 0.5) is 0 Å². The van der Waals surface area contributed by atoms with E-state index in [-0.39, 0.29) is 37.2 Å². The molecule has 182 valence electrons. The molecule has 3 N–H and O–H groups in total. The summed E-state index contributed by atoms with van der Waals surface area (Å²) in [5.74, 6) is -7.93. The van der Waals surface area contributed by atoms with Crippen LogP contribution in [0, 0.1) is 29.1 Å². The van der Waals surface area contributed by atoms with Gasteiger partial charge in [-0.25, -0.2) is 4.79 Å². The van der Waals surface area contributed by atoms with Crippen LogP contribution in [0.3, 0.4) is 0 Å². The molecule has 0 spiro atoms. The topological polar surface area (TPSA) is 155 Å². The van der Waals surface area contributed by atoms with E-state index in [4.69, 9.17) is 4.74 Å². The average Bonchev–Trinajstić information content (AvgIpc) is 2.76. The maximum absolute atomic E-state index is 13.6. The van der Waals surface area contributed by atoms with Crippen LogP contribution in [0.25, 0.3) is 0 Å². The van der Waals surface area contributed by atoms with Crippen molar-refractivity contribution >= 4 is 29.5 Å². The second-order valence-corrected chi connectivity index (χ2v) is 9.88. The first-order chi connectivity index (χ1) is 15.5. The van der Waals surface area contributed by atoms with Gasteiger partial charge in [-0.3, -0.25) is 19.2 Å². The minimum Gasteiger partial charge on any atom is -0.481 e. The molecule has 3 saturated carbocycles. The van der Waals surface area contributed by atoms with Gasteiger partial charge in [0.1, 0.15) is 16.8 Å². The first-order valence-corrected chi connectivity index (χ1v) is 11.5. The lowest BCUT2D eigenvalue weighted by Gasteiger charge is -2.54. The number of hydrogen-bond donors (Lipinski definition) is 3. The zero-order valence-corrected chi connectivity index (χ0v) is 18.9. The van der Waals surface area contributed by atoms with Crippen LogP contribution in [-0.2, 0) is 28.7 Å². The quantitative estimate of drug-likeness (QED) is 0.379. The lowest BCUT2D eigenvalue weighted by atomic mass is 9.48. The van der Waals surface area contributed by atoms with Crippen molar-refractivity contribution in [3.63, 3.8) is 0 Å². The summed E-state index contributed by atoms with van der Waals surface area (Å²) >= 11 is 0. The summed E-state index contributed by atoms with van der Waals surface area (Å²) in [6.07, 6.45) is 1.90. The van der Waals surface area contributed by atoms with Crippen molar-refractivity contribution in [2.75, 3.05) is 6.61 Å². The van der Waals surface area contributed by atoms with E-state index in [0.29, 0.717) is 25.7 Å². The Hall–Kier alpha value is -2.55. The molecule has 0 aromatic heterocycles. The SMILES string of the molecule is C=C(C)C(=O)OCCC1CCC(C(=O)O)C(C(=O)O)(C2(O)CC(=O)C3CCCCC3C2=O)C1. The van der Waals surface area contributed by atoms with Gasteiger partial charge in [-0.05, 0) is 51.4 Å². The van der Waals surface area contributed by atoms with Crippen molar-refractivity contribution in [2.45, 2.75) is 70.3 Å². The molecule has 33 heavy (non-hydrogen) atoms. The molecule has 3 aliphatic rings. The molecule has 9 heteroatoms. The molecular weight excluding hydrogens is 432 g/mol. The number of carboxylic acid groups (broad SMARTS) is 2. The normalized spacial score (nSPS) is 36.5. The van der Waals surface area contributed by atoms with Crippen molar-refractivity contribution in [2.24, 2.45) is 29.1 Å². The lowest BCUT2D eigenvalue weighted by Crippen LogP contribution is -2.69. The van der Waals surface area contributed by atoms with E-state index in [1.807, 2.05) is 0 Å². The van der Waals surface area contributed by atoms with Crippen molar-refractivity contribution in [1.82, 2.24) is 0 Å². The minimum atomic E-state index is -2.59. The van der Waals surface area contributed by atoms with E-state index in [9.17, 15) is 39.3 Å². The van der Waals surface area contributed by atoms with Crippen LogP contribution in [0.15, 0.2) is 12.2 Å². The summed E-state index contributed by atoms with van der Waals surface area (Å²) in [4.78, 5) is 63.1. The van der Waals surface area contributed by atoms with Crippen molar-refractivity contribution in [3.05, 3.63) is 12.2 Å². The monoisotopic (exact) mass is 464 g/mol. The molecule has 3 fully saturated rings. The molecule has 3 aliphatic carbocycles. The number of carbonyl (C=O) groups is 5. The number of carboxylic acids is 2. The maximum Gasteiger partial charge on any atom is 0.333 e. The van der Waals surface area contributed by atoms with Gasteiger partial charge in [0.2, 0.25) is 0 Å². The Kier molecular flexibility index (Phi) is 7.12. The van der Waals surface area contributed by atoms with Gasteiger partial charge in [0.25, 0.3) is 0 Å². The van der Waals surface area contributed by atoms with Crippen molar-refractivity contribution in [3.8, 4) is 0 Å². The van der Waals surface area contributed by atoms with Crippen LogP contribution in [0.5, 0.6) is 0 Å². The summed E-state index contributed by atoms with van der Waals surface area (Å²) in [6.45, 7) is 4.96. The van der Waals surface area contributed by atoms with E-state index in [1.165, 1.54) is 6.92 Å². The fourth-order valence-corrected chi connectivity index (χ4v) is 6.23. The number of aliphatic hydroxyl groups is 1. The van der Waals surface area contributed by atoms with Gasteiger partial charge in [-0.1, -0.05) is 19.4 Å². The third-order valence-corrected chi connectivity index (χ3v) is 7.95. The predicted octanol–water partition coefficient (Wildman–Crippen LogP) is 2.15. The molecule has 0 aliphatic heterocycles. The van der Waals surface area contributed by atoms with Gasteiger partial charge < -0.3 is 20.1 Å². The number of hydrogen-bond acceptors (Lipinski definition) is 7. The summed E-state index contributed by atoms with van der Waals surface area (Å²) in [5.41, 5.74) is -4.72. The number of aliphatic carboxylic acids is 2. The molecule has 9 nitrogen and oxygen atoms in total. The van der Waals surface area contributed by atoms with E-state index in [1.54, 1.807) is 0 Å². The van der Waals surface area contributed by atoms with Crippen molar-refractivity contribution < 1.29 is 44.0 Å². The standard InChI is InChI=1S/C24H32O9/c1-13(2)21(29)33-10-9-14-7-8-17(20(27)28)23(11-14,22(30)31)24(32)12-18(25)15-5-3-4-6-16(15)19(24)26/h14-17,32H,1,3-12H2,2H3,(H,27,28)(H,30,31). The molecule has 0 amide bonds. The van der Waals surface area contributed by atoms with Crippen LogP contribution >= 0.6 is 0 Å². The lowest BCUT2D eigenvalue weighted by molar-refractivity contribution is -0.208. The number of esters is 1. The molecule has 0 radical (unpaired) electrons. The zero-order valence-electron chi connectivity index (χ0n) is 18.9. The van der Waals surface area contributed by atoms with E-state index >= 15 is 0 Å². The number of ether oxygens (including phenoxy) is 1. The van der Waals surface area contributed by atoms with Gasteiger partial charge in [-0.2, -0.15) is 0 Å². The van der Waals surface area contributed by atoms with E-state index in [2.05, 4.69) is 6.58 Å². The highest BCUT2D eigenvalue weighted by molar-refractivity contribution is 6.06. The molecule has 0 aromatic rings. The number of ketones is 2. The zero-order chi connectivity index (χ0) is 24.6. The van der Waals surface area contributed by atoms with Gasteiger partial charge >= 0.3 is 17.9 Å². The Morgan fingerprint density at radius 2 is 1.70 bits per heavy atom. The third-order valence-electron chi connectivity index (χ3n) is 7.95. The Balaban J connectivity index is 1.96. The highest BCUT2D eigenvalue weighted by Crippen LogP contribution is 2.57. The van der Waals surface area contributed by atoms with Gasteiger partial charge in [0.15, 0.2) is 5.78 Å². The van der Waals surface area contributed by atoms with Crippen molar-refractivity contribution in [1.29, 1.82) is 0 Å². The van der Waals surface area contributed by atoms with Crippen LogP contribution in [0.1, 0.15) is 64.7 Å². The maximum atomic E-state index is 13.6. The number of fused-ring (bicyclic) bond motifs is 1. The Morgan fingerprint density at radius 1 is 1.06 bits per heavy atom. The summed E-state index contributed by atoms with van der Waals surface area (Å²) in [6, 6.07) is 0. The number of Topliss-reactive ketones (excluding diaryl/α,β-unsaturated/α-hetero) is 2. The first-order valence-electron chi connectivity index (χ1n) is 11.5. The molecular formula is C24H32O9. The van der Waals surface area contributed by atoms with Crippen LogP contribution in [0.2, 0.25) is 0 Å². The fourth-order valence-electron chi connectivity index (χ4n) is 6.23. The summed E-state index contributed by atoms with van der Waals surface area (Å²) in [7, 11) is 0. The summed E-state index contributed by atoms with van der Waals surface area (Å²) in [5, 5.41) is 32.0. The van der Waals surface area contributed by atoms with Crippen LogP contribution < -0.4 is 0 Å². The average molecular weight is 465 g/mol. The largest absolute Gasteiger partial charge is 0.481 e. The molecule has 0 heterocycles. The van der Waals surface area contributed by atoms with E-state index in [0.717, 1.165) is 6.42 Å². The Labute approximate surface area is 192 Å². The number of rotatable bonds is 7. The predicted molar refractivity (Wildman–Crippen MR) is 114 cm³/mol. The molecule has 0 saturated heterocycles. The highest BCUT2D eigenvalue weighted by atomic mass is 16.5. The van der Waals surface area contributed by atoms with Gasteiger partial charge in [0, 0.05) is 23.8 Å². The van der Waals surface area contributed by atoms with E-state index < -0.39 is 64.8 Å². The number of carbonyl (C=O) groups excluding carboxylic acids is 3. The second-order valence-electron chi connectivity index (χ2n) is 9.88. The van der Waals surface area contributed by atoms with Crippen LogP contribution in [-0.4, -0.2) is 57.0 Å². The third kappa shape index (κ3) is 4.23. The van der Waals surface area contributed by atoms with Gasteiger partial charge in [-0.15, -0.1) is 0 Å². The molecule has 0 aromatic carbocycles. The fraction of sp³-hybridized carbons (Fsp3) is 0.708. The molecule has 3 rings (SSSR count). The second kappa shape index (κ2) is 9.37. The first kappa shape index (κ1) is 25.1. The minimum absolute atomic E-state index is 0.0280. The smallest absolute Gasteiger partial charge is 0.333 e.